The van der Waals surface area contributed by atoms with Gasteiger partial charge >= 0.3 is 6.18 Å². The van der Waals surface area contributed by atoms with Gasteiger partial charge in [-0.1, -0.05) is 50.0 Å². The summed E-state index contributed by atoms with van der Waals surface area (Å²) in [6.45, 7) is 7.02. The largest absolute Gasteiger partial charge is 0.433 e. The molecule has 2 aromatic heterocycles. The fraction of sp³-hybridized carbons (Fsp3) is 0.300. The van der Waals surface area contributed by atoms with Crippen LogP contribution in [0.15, 0.2) is 48.7 Å². The summed E-state index contributed by atoms with van der Waals surface area (Å²) in [5.74, 6) is 0.101. The second-order valence-electron chi connectivity index (χ2n) is 11.2. The highest BCUT2D eigenvalue weighted by Gasteiger charge is 2.32. The first kappa shape index (κ1) is 30.5. The number of aromatic nitrogens is 3. The van der Waals surface area contributed by atoms with Crippen LogP contribution in [-0.2, 0) is 17.5 Å². The van der Waals surface area contributed by atoms with Crippen molar-refractivity contribution in [1.29, 1.82) is 0 Å². The second kappa shape index (κ2) is 11.6. The zero-order chi connectivity index (χ0) is 31.1. The van der Waals surface area contributed by atoms with Gasteiger partial charge in [-0.05, 0) is 48.4 Å². The number of rotatable bonds is 6. The van der Waals surface area contributed by atoms with E-state index in [2.05, 4.69) is 25.6 Å². The number of anilines is 2. The molecule has 1 aliphatic heterocycles. The van der Waals surface area contributed by atoms with Crippen LogP contribution in [0.25, 0.3) is 22.3 Å². The Labute approximate surface area is 255 Å². The second-order valence-corrected chi connectivity index (χ2v) is 11.9. The summed E-state index contributed by atoms with van der Waals surface area (Å²) in [4.78, 5) is 40.5. The molecule has 8 nitrogen and oxygen atoms in total. The fourth-order valence-corrected chi connectivity index (χ4v) is 4.97. The van der Waals surface area contributed by atoms with Gasteiger partial charge < -0.3 is 15.5 Å². The highest BCUT2D eigenvalue weighted by Crippen LogP contribution is 2.34. The number of fused-ring (bicyclic) bond motifs is 1. The van der Waals surface area contributed by atoms with Crippen LogP contribution >= 0.6 is 23.2 Å². The quantitative estimate of drug-likeness (QED) is 0.235. The number of halogens is 5. The maximum atomic E-state index is 13.4. The van der Waals surface area contributed by atoms with Crippen LogP contribution in [0, 0.1) is 5.41 Å². The summed E-state index contributed by atoms with van der Waals surface area (Å²) in [6, 6.07) is 10.5. The molecule has 0 atom stereocenters. The summed E-state index contributed by atoms with van der Waals surface area (Å²) in [5, 5.41) is 6.57. The third-order valence-corrected chi connectivity index (χ3v) is 7.67. The van der Waals surface area contributed by atoms with E-state index >= 15 is 0 Å². The standard InChI is InChI=1S/C30H27Cl2F3N6O2/c1-29(2,3)28(43)37-14-16-5-9-20(31)23(24(16)32)27(42)38-18-7-8-19-21(13-18)39-25(40-26(19)41-11-4-12-41)17-6-10-22(36-15-17)30(33,34)35/h5-10,13,15H,4,11-12,14H2,1-3H3,(H,37,43)(H,38,42). The van der Waals surface area contributed by atoms with Crippen molar-refractivity contribution in [2.24, 2.45) is 5.41 Å². The van der Waals surface area contributed by atoms with Crippen molar-refractivity contribution in [2.75, 3.05) is 23.3 Å². The van der Waals surface area contributed by atoms with Crippen LogP contribution in [-0.4, -0.2) is 39.9 Å². The van der Waals surface area contributed by atoms with E-state index in [4.69, 9.17) is 23.2 Å². The number of carbonyl (C=O) groups excluding carboxylic acids is 2. The highest BCUT2D eigenvalue weighted by molar-refractivity contribution is 6.40. The zero-order valence-corrected chi connectivity index (χ0v) is 25.0. The van der Waals surface area contributed by atoms with E-state index in [9.17, 15) is 22.8 Å². The van der Waals surface area contributed by atoms with Crippen molar-refractivity contribution in [3.8, 4) is 11.4 Å². The normalized spacial score (nSPS) is 13.5. The molecule has 5 rings (SSSR count). The highest BCUT2D eigenvalue weighted by atomic mass is 35.5. The van der Waals surface area contributed by atoms with Gasteiger partial charge in [0.15, 0.2) is 5.82 Å². The zero-order valence-electron chi connectivity index (χ0n) is 23.4. The molecule has 0 spiro atoms. The molecule has 43 heavy (non-hydrogen) atoms. The Hall–Kier alpha value is -3.96. The van der Waals surface area contributed by atoms with E-state index in [0.29, 0.717) is 33.5 Å². The van der Waals surface area contributed by atoms with Gasteiger partial charge in [0, 0.05) is 47.9 Å². The maximum Gasteiger partial charge on any atom is 0.433 e. The van der Waals surface area contributed by atoms with Gasteiger partial charge in [-0.25, -0.2) is 9.97 Å². The van der Waals surface area contributed by atoms with Crippen molar-refractivity contribution < 1.29 is 22.8 Å². The number of nitrogens with zero attached hydrogens (tertiary/aromatic N) is 4. The topological polar surface area (TPSA) is 100 Å². The average Bonchev–Trinajstić information content (AvgIpc) is 2.90. The van der Waals surface area contributed by atoms with Crippen molar-refractivity contribution in [1.82, 2.24) is 20.3 Å². The summed E-state index contributed by atoms with van der Waals surface area (Å²) < 4.78 is 39.1. The summed E-state index contributed by atoms with van der Waals surface area (Å²) >= 11 is 12.9. The minimum absolute atomic E-state index is 0.0476. The molecule has 4 aromatic rings. The van der Waals surface area contributed by atoms with Gasteiger partial charge in [-0.2, -0.15) is 13.2 Å². The third kappa shape index (κ3) is 6.52. The summed E-state index contributed by atoms with van der Waals surface area (Å²) in [6.07, 6.45) is -2.49. The van der Waals surface area contributed by atoms with E-state index in [0.717, 1.165) is 31.8 Å². The molecule has 0 unspecified atom stereocenters. The SMILES string of the molecule is CC(C)(C)C(=O)NCc1ccc(Cl)c(C(=O)Nc2ccc3c(N4CCC4)nc(-c4ccc(C(F)(F)F)nc4)nc3c2)c1Cl. The molecule has 0 aliphatic carbocycles. The third-order valence-electron chi connectivity index (χ3n) is 6.92. The van der Waals surface area contributed by atoms with Crippen LogP contribution < -0.4 is 15.5 Å². The minimum atomic E-state index is -4.57. The molecule has 13 heteroatoms. The maximum absolute atomic E-state index is 13.4. The van der Waals surface area contributed by atoms with Crippen LogP contribution in [0.5, 0.6) is 0 Å². The average molecular weight is 631 g/mol. The number of hydrogen-bond donors (Lipinski definition) is 2. The fourth-order valence-electron chi connectivity index (χ4n) is 4.36. The molecule has 0 bridgehead atoms. The lowest BCUT2D eigenvalue weighted by Gasteiger charge is -2.33. The van der Waals surface area contributed by atoms with Gasteiger partial charge in [0.1, 0.15) is 11.5 Å². The molecule has 2 amide bonds. The van der Waals surface area contributed by atoms with Gasteiger partial charge in [0.25, 0.3) is 5.91 Å². The lowest BCUT2D eigenvalue weighted by molar-refractivity contribution is -0.141. The van der Waals surface area contributed by atoms with Gasteiger partial charge in [0.05, 0.1) is 21.1 Å². The lowest BCUT2D eigenvalue weighted by Crippen LogP contribution is -2.37. The van der Waals surface area contributed by atoms with Crippen LogP contribution in [0.3, 0.4) is 0 Å². The molecule has 3 heterocycles. The van der Waals surface area contributed by atoms with Gasteiger partial charge in [0.2, 0.25) is 5.91 Å². The minimum Gasteiger partial charge on any atom is -0.356 e. The van der Waals surface area contributed by atoms with Gasteiger partial charge in [-0.15, -0.1) is 0 Å². The lowest BCUT2D eigenvalue weighted by atomic mass is 9.95. The molecule has 0 saturated carbocycles. The number of alkyl halides is 3. The Kier molecular flexibility index (Phi) is 8.24. The van der Waals surface area contributed by atoms with E-state index in [1.165, 1.54) is 12.1 Å². The molecule has 2 aromatic carbocycles. The molecule has 2 N–H and O–H groups in total. The monoisotopic (exact) mass is 630 g/mol. The molecular weight excluding hydrogens is 604 g/mol. The number of pyridine rings is 1. The first-order valence-corrected chi connectivity index (χ1v) is 14.1. The van der Waals surface area contributed by atoms with Crippen molar-refractivity contribution in [3.05, 3.63) is 75.5 Å². The number of benzene rings is 2. The predicted molar refractivity (Wildman–Crippen MR) is 160 cm³/mol. The van der Waals surface area contributed by atoms with E-state index < -0.39 is 23.2 Å². The Bertz CT molecular complexity index is 1720. The molecular formula is C30H27Cl2F3N6O2. The Morgan fingerprint density at radius 2 is 1.74 bits per heavy atom. The number of carbonyl (C=O) groups is 2. The Balaban J connectivity index is 1.45. The number of hydrogen-bond acceptors (Lipinski definition) is 6. The van der Waals surface area contributed by atoms with Crippen molar-refractivity contribution >= 4 is 57.4 Å². The molecule has 1 fully saturated rings. The van der Waals surface area contributed by atoms with Crippen molar-refractivity contribution in [3.63, 3.8) is 0 Å². The van der Waals surface area contributed by atoms with Gasteiger partial charge in [-0.3, -0.25) is 14.6 Å². The Morgan fingerprint density at radius 1 is 1.00 bits per heavy atom. The molecule has 224 valence electrons. The number of amides is 2. The van der Waals surface area contributed by atoms with Crippen molar-refractivity contribution in [2.45, 2.75) is 39.9 Å². The molecule has 1 saturated heterocycles. The summed E-state index contributed by atoms with van der Waals surface area (Å²) in [5.41, 5.74) is 0.140. The number of nitrogens with one attached hydrogen (secondary N) is 2. The Morgan fingerprint density at radius 3 is 2.35 bits per heavy atom. The first-order chi connectivity index (χ1) is 20.2. The van der Waals surface area contributed by atoms with Crippen LogP contribution in [0.1, 0.15) is 48.8 Å². The van der Waals surface area contributed by atoms with E-state index in [1.807, 2.05) is 4.90 Å². The van der Waals surface area contributed by atoms with Crippen LogP contribution in [0.4, 0.5) is 24.7 Å². The first-order valence-electron chi connectivity index (χ1n) is 13.4. The van der Waals surface area contributed by atoms with Crippen LogP contribution in [0.2, 0.25) is 10.0 Å². The summed E-state index contributed by atoms with van der Waals surface area (Å²) in [7, 11) is 0. The smallest absolute Gasteiger partial charge is 0.356 e. The van der Waals surface area contributed by atoms with E-state index in [1.54, 1.807) is 45.0 Å². The predicted octanol–water partition coefficient (Wildman–Crippen LogP) is 7.14. The van der Waals surface area contributed by atoms with E-state index in [-0.39, 0.29) is 33.9 Å². The molecule has 0 radical (unpaired) electrons. The molecule has 1 aliphatic rings.